The highest BCUT2D eigenvalue weighted by Crippen LogP contribution is 2.16. The standard InChI is InChI=1S/C13H20N2O2/c1-11(17)12-7-6-8-14-13(12)15(2)9-4-3-5-10-16/h6-8,16H,3-5,9-10H2,1-2H3. The maximum Gasteiger partial charge on any atom is 0.163 e. The predicted molar refractivity (Wildman–Crippen MR) is 68.4 cm³/mol. The van der Waals surface area contributed by atoms with Crippen molar-refractivity contribution >= 4 is 11.6 Å². The summed E-state index contributed by atoms with van der Waals surface area (Å²) >= 11 is 0. The summed E-state index contributed by atoms with van der Waals surface area (Å²) < 4.78 is 0. The first-order valence-corrected chi connectivity index (χ1v) is 5.94. The smallest absolute Gasteiger partial charge is 0.163 e. The van der Waals surface area contributed by atoms with Gasteiger partial charge >= 0.3 is 0 Å². The second-order valence-electron chi connectivity index (χ2n) is 4.14. The van der Waals surface area contributed by atoms with Crippen LogP contribution in [-0.2, 0) is 0 Å². The van der Waals surface area contributed by atoms with E-state index in [0.29, 0.717) is 5.56 Å². The summed E-state index contributed by atoms with van der Waals surface area (Å²) in [5.74, 6) is 0.777. The number of aliphatic hydroxyl groups is 1. The van der Waals surface area contributed by atoms with E-state index >= 15 is 0 Å². The third-order valence-electron chi connectivity index (χ3n) is 2.68. The second kappa shape index (κ2) is 7.01. The number of anilines is 1. The minimum atomic E-state index is 0.0373. The van der Waals surface area contributed by atoms with Gasteiger partial charge in [0.25, 0.3) is 0 Å². The Morgan fingerprint density at radius 1 is 1.41 bits per heavy atom. The van der Waals surface area contributed by atoms with Gasteiger partial charge in [-0.3, -0.25) is 4.79 Å². The topological polar surface area (TPSA) is 53.4 Å². The quantitative estimate of drug-likeness (QED) is 0.580. The van der Waals surface area contributed by atoms with Crippen molar-refractivity contribution in [2.75, 3.05) is 25.1 Å². The largest absolute Gasteiger partial charge is 0.396 e. The number of nitrogens with zero attached hydrogens (tertiary/aromatic N) is 2. The molecule has 17 heavy (non-hydrogen) atoms. The molecule has 0 spiro atoms. The first-order valence-electron chi connectivity index (χ1n) is 5.94. The van der Waals surface area contributed by atoms with Crippen molar-refractivity contribution in [2.24, 2.45) is 0 Å². The van der Waals surface area contributed by atoms with Crippen molar-refractivity contribution in [1.82, 2.24) is 4.98 Å². The van der Waals surface area contributed by atoms with Crippen LogP contribution in [0.2, 0.25) is 0 Å². The number of unbranched alkanes of at least 4 members (excludes halogenated alkanes) is 2. The molecule has 0 aliphatic carbocycles. The minimum absolute atomic E-state index is 0.0373. The second-order valence-corrected chi connectivity index (χ2v) is 4.14. The molecule has 0 aliphatic heterocycles. The number of pyridine rings is 1. The molecule has 0 saturated heterocycles. The molecule has 94 valence electrons. The lowest BCUT2D eigenvalue weighted by atomic mass is 10.1. The van der Waals surface area contributed by atoms with Gasteiger partial charge in [-0.15, -0.1) is 0 Å². The van der Waals surface area contributed by atoms with E-state index < -0.39 is 0 Å². The van der Waals surface area contributed by atoms with Crippen LogP contribution in [-0.4, -0.2) is 36.1 Å². The summed E-state index contributed by atoms with van der Waals surface area (Å²) in [5, 5.41) is 8.69. The molecule has 1 N–H and O–H groups in total. The monoisotopic (exact) mass is 236 g/mol. The molecule has 0 unspecified atom stereocenters. The molecule has 0 amide bonds. The third-order valence-corrected chi connectivity index (χ3v) is 2.68. The van der Waals surface area contributed by atoms with Crippen molar-refractivity contribution in [3.63, 3.8) is 0 Å². The molecule has 0 aromatic carbocycles. The summed E-state index contributed by atoms with van der Waals surface area (Å²) in [6.45, 7) is 2.64. The van der Waals surface area contributed by atoms with Crippen molar-refractivity contribution in [3.8, 4) is 0 Å². The zero-order valence-corrected chi connectivity index (χ0v) is 10.5. The van der Waals surface area contributed by atoms with E-state index in [1.54, 1.807) is 25.3 Å². The fourth-order valence-electron chi connectivity index (χ4n) is 1.72. The van der Waals surface area contributed by atoms with Gasteiger partial charge in [0.05, 0.1) is 5.56 Å². The molecule has 1 heterocycles. The summed E-state index contributed by atoms with van der Waals surface area (Å²) in [7, 11) is 1.94. The number of carbonyl (C=O) groups is 1. The molecule has 0 radical (unpaired) electrons. The van der Waals surface area contributed by atoms with Gasteiger partial charge in [-0.2, -0.15) is 0 Å². The molecule has 4 heteroatoms. The number of ketones is 1. The number of carbonyl (C=O) groups excluding carboxylic acids is 1. The van der Waals surface area contributed by atoms with Crippen LogP contribution in [0.25, 0.3) is 0 Å². The molecule has 0 aliphatic rings. The van der Waals surface area contributed by atoms with Crippen LogP contribution in [0.4, 0.5) is 5.82 Å². The van der Waals surface area contributed by atoms with Crippen LogP contribution in [0.1, 0.15) is 36.5 Å². The molecular weight excluding hydrogens is 216 g/mol. The van der Waals surface area contributed by atoms with Gasteiger partial charge in [0.1, 0.15) is 5.82 Å². The molecule has 1 rings (SSSR count). The summed E-state index contributed by atoms with van der Waals surface area (Å²) in [5.41, 5.74) is 0.664. The molecule has 4 nitrogen and oxygen atoms in total. The predicted octanol–water partition coefficient (Wildman–Crippen LogP) is 1.88. The van der Waals surface area contributed by atoms with Crippen LogP contribution in [0.15, 0.2) is 18.3 Å². The highest BCUT2D eigenvalue weighted by atomic mass is 16.2. The number of aromatic nitrogens is 1. The molecule has 0 atom stereocenters. The zero-order valence-electron chi connectivity index (χ0n) is 10.5. The van der Waals surface area contributed by atoms with E-state index in [1.165, 1.54) is 0 Å². The summed E-state index contributed by atoms with van der Waals surface area (Å²) in [6, 6.07) is 3.58. The Bertz CT molecular complexity index is 366. The SMILES string of the molecule is CC(=O)c1cccnc1N(C)CCCCCO. The van der Waals surface area contributed by atoms with Crippen molar-refractivity contribution in [1.29, 1.82) is 0 Å². The molecule has 0 saturated carbocycles. The third kappa shape index (κ3) is 4.15. The van der Waals surface area contributed by atoms with Crippen molar-refractivity contribution in [3.05, 3.63) is 23.9 Å². The number of Topliss-reactive ketones (excluding diaryl/α,β-unsaturated/α-hetero) is 1. The highest BCUT2D eigenvalue weighted by Gasteiger charge is 2.11. The molecule has 1 aromatic heterocycles. The van der Waals surface area contributed by atoms with E-state index in [-0.39, 0.29) is 12.4 Å². The van der Waals surface area contributed by atoms with Gasteiger partial charge in [0.2, 0.25) is 0 Å². The van der Waals surface area contributed by atoms with Gasteiger partial charge in [0.15, 0.2) is 5.78 Å². The van der Waals surface area contributed by atoms with Crippen LogP contribution < -0.4 is 4.90 Å². The van der Waals surface area contributed by atoms with Crippen molar-refractivity contribution in [2.45, 2.75) is 26.2 Å². The first kappa shape index (κ1) is 13.6. The van der Waals surface area contributed by atoms with Crippen LogP contribution in [0.3, 0.4) is 0 Å². The van der Waals surface area contributed by atoms with E-state index in [4.69, 9.17) is 5.11 Å². The average molecular weight is 236 g/mol. The Morgan fingerprint density at radius 2 is 2.18 bits per heavy atom. The maximum atomic E-state index is 11.4. The normalized spacial score (nSPS) is 10.3. The Kier molecular flexibility index (Phi) is 5.63. The Hall–Kier alpha value is -1.42. The van der Waals surface area contributed by atoms with Crippen LogP contribution >= 0.6 is 0 Å². The van der Waals surface area contributed by atoms with Crippen LogP contribution in [0.5, 0.6) is 0 Å². The molecule has 0 bridgehead atoms. The summed E-state index contributed by atoms with van der Waals surface area (Å²) in [4.78, 5) is 17.7. The van der Waals surface area contributed by atoms with E-state index in [9.17, 15) is 4.79 Å². The van der Waals surface area contributed by atoms with Gasteiger partial charge in [-0.25, -0.2) is 4.98 Å². The Morgan fingerprint density at radius 3 is 2.82 bits per heavy atom. The number of aliphatic hydroxyl groups excluding tert-OH is 1. The van der Waals surface area contributed by atoms with E-state index in [1.807, 2.05) is 11.9 Å². The van der Waals surface area contributed by atoms with Crippen molar-refractivity contribution < 1.29 is 9.90 Å². The maximum absolute atomic E-state index is 11.4. The Labute approximate surface area is 102 Å². The van der Waals surface area contributed by atoms with E-state index in [0.717, 1.165) is 31.6 Å². The van der Waals surface area contributed by atoms with E-state index in [2.05, 4.69) is 4.98 Å². The Balaban J connectivity index is 2.62. The van der Waals surface area contributed by atoms with Gasteiger partial charge in [-0.1, -0.05) is 0 Å². The molecular formula is C13H20N2O2. The zero-order chi connectivity index (χ0) is 12.7. The number of hydrogen-bond donors (Lipinski definition) is 1. The molecule has 0 fully saturated rings. The number of rotatable bonds is 7. The first-order chi connectivity index (χ1) is 8.16. The lowest BCUT2D eigenvalue weighted by molar-refractivity contribution is 0.101. The van der Waals surface area contributed by atoms with Gasteiger partial charge < -0.3 is 10.0 Å². The lowest BCUT2D eigenvalue weighted by Gasteiger charge is -2.20. The fraction of sp³-hybridized carbons (Fsp3) is 0.538. The van der Waals surface area contributed by atoms with Gasteiger partial charge in [0, 0.05) is 26.4 Å². The lowest BCUT2D eigenvalue weighted by Crippen LogP contribution is -2.22. The highest BCUT2D eigenvalue weighted by molar-refractivity contribution is 5.98. The van der Waals surface area contributed by atoms with Gasteiger partial charge in [-0.05, 0) is 38.3 Å². The fourth-order valence-corrected chi connectivity index (χ4v) is 1.72. The summed E-state index contributed by atoms with van der Waals surface area (Å²) in [6.07, 6.45) is 4.51. The minimum Gasteiger partial charge on any atom is -0.396 e. The molecule has 1 aromatic rings. The van der Waals surface area contributed by atoms with Crippen LogP contribution in [0, 0.1) is 0 Å². The average Bonchev–Trinajstić information content (AvgIpc) is 2.34. The number of hydrogen-bond acceptors (Lipinski definition) is 4.